The second-order valence-electron chi connectivity index (χ2n) is 6.66. The van der Waals surface area contributed by atoms with Gasteiger partial charge in [-0.15, -0.1) is 0 Å². The molecule has 0 aromatic heterocycles. The van der Waals surface area contributed by atoms with Crippen LogP contribution in [0.25, 0.3) is 0 Å². The van der Waals surface area contributed by atoms with Gasteiger partial charge in [-0.25, -0.2) is 0 Å². The van der Waals surface area contributed by atoms with Crippen molar-refractivity contribution in [1.82, 2.24) is 0 Å². The molecule has 4 unspecified atom stereocenters. The van der Waals surface area contributed by atoms with Gasteiger partial charge in [0.15, 0.2) is 0 Å². The van der Waals surface area contributed by atoms with Crippen molar-refractivity contribution in [3.05, 3.63) is 34.9 Å². The molecule has 1 aliphatic carbocycles. The lowest BCUT2D eigenvalue weighted by Crippen LogP contribution is -2.28. The normalized spacial score (nSPS) is 28.4. The van der Waals surface area contributed by atoms with Gasteiger partial charge >= 0.3 is 0 Å². The van der Waals surface area contributed by atoms with E-state index in [9.17, 15) is 5.11 Å². The van der Waals surface area contributed by atoms with Crippen LogP contribution in [0.1, 0.15) is 55.9 Å². The Hall–Kier alpha value is -0.860. The number of rotatable bonds is 4. The molecule has 0 amide bonds. The van der Waals surface area contributed by atoms with Crippen molar-refractivity contribution in [1.29, 1.82) is 0 Å². The zero-order valence-corrected chi connectivity index (χ0v) is 13.2. The lowest BCUT2D eigenvalue weighted by atomic mass is 9.80. The molecule has 1 saturated carbocycles. The Morgan fingerprint density at radius 3 is 2.35 bits per heavy atom. The SMILES string of the molecule is Cc1cc(C)cc(C(O)COC2CCC(C)C(C)C2)c1. The van der Waals surface area contributed by atoms with E-state index in [0.29, 0.717) is 12.7 Å². The van der Waals surface area contributed by atoms with Gasteiger partial charge in [-0.2, -0.15) is 0 Å². The van der Waals surface area contributed by atoms with E-state index in [1.54, 1.807) is 0 Å². The zero-order chi connectivity index (χ0) is 14.7. The minimum atomic E-state index is -0.511. The topological polar surface area (TPSA) is 29.5 Å². The van der Waals surface area contributed by atoms with E-state index in [2.05, 4.69) is 33.8 Å². The highest BCUT2D eigenvalue weighted by Crippen LogP contribution is 2.31. The second-order valence-corrected chi connectivity index (χ2v) is 6.66. The van der Waals surface area contributed by atoms with E-state index in [-0.39, 0.29) is 0 Å². The Morgan fingerprint density at radius 1 is 1.10 bits per heavy atom. The fraction of sp³-hybridized carbons (Fsp3) is 0.667. The van der Waals surface area contributed by atoms with Crippen molar-refractivity contribution < 1.29 is 9.84 Å². The minimum Gasteiger partial charge on any atom is -0.386 e. The van der Waals surface area contributed by atoms with Crippen LogP contribution in [0, 0.1) is 25.7 Å². The van der Waals surface area contributed by atoms with Crippen LogP contribution in [-0.4, -0.2) is 17.8 Å². The highest BCUT2D eigenvalue weighted by Gasteiger charge is 2.25. The van der Waals surface area contributed by atoms with Crippen molar-refractivity contribution in [3.8, 4) is 0 Å². The summed E-state index contributed by atoms with van der Waals surface area (Å²) >= 11 is 0. The molecule has 0 heterocycles. The van der Waals surface area contributed by atoms with Crippen molar-refractivity contribution >= 4 is 0 Å². The van der Waals surface area contributed by atoms with Gasteiger partial charge in [-0.3, -0.25) is 0 Å². The molecule has 0 aliphatic heterocycles. The predicted molar refractivity (Wildman–Crippen MR) is 82.8 cm³/mol. The number of hydrogen-bond donors (Lipinski definition) is 1. The number of aliphatic hydroxyl groups excluding tert-OH is 1. The van der Waals surface area contributed by atoms with E-state index >= 15 is 0 Å². The number of benzene rings is 1. The molecule has 20 heavy (non-hydrogen) atoms. The first-order chi connectivity index (χ1) is 9.45. The lowest BCUT2D eigenvalue weighted by Gasteiger charge is -2.32. The average Bonchev–Trinajstić information content (AvgIpc) is 2.38. The summed E-state index contributed by atoms with van der Waals surface area (Å²) in [6.45, 7) is 9.17. The summed E-state index contributed by atoms with van der Waals surface area (Å²) in [7, 11) is 0. The van der Waals surface area contributed by atoms with Crippen LogP contribution in [0.3, 0.4) is 0 Å². The lowest BCUT2D eigenvalue weighted by molar-refractivity contribution is -0.0397. The van der Waals surface area contributed by atoms with Gasteiger partial charge < -0.3 is 9.84 Å². The maximum atomic E-state index is 10.3. The van der Waals surface area contributed by atoms with Crippen molar-refractivity contribution in [2.24, 2.45) is 11.8 Å². The molecule has 1 aromatic carbocycles. The molecule has 1 N–H and O–H groups in total. The molecular formula is C18H28O2. The van der Waals surface area contributed by atoms with Crippen molar-refractivity contribution in [3.63, 3.8) is 0 Å². The number of aryl methyl sites for hydroxylation is 2. The molecule has 1 fully saturated rings. The van der Waals surface area contributed by atoms with E-state index in [0.717, 1.165) is 30.2 Å². The summed E-state index contributed by atoms with van der Waals surface area (Å²) in [5, 5.41) is 10.3. The van der Waals surface area contributed by atoms with Gasteiger partial charge in [0.2, 0.25) is 0 Å². The summed E-state index contributed by atoms with van der Waals surface area (Å²) in [6, 6.07) is 6.22. The van der Waals surface area contributed by atoms with Gasteiger partial charge in [-0.05, 0) is 50.5 Å². The third-order valence-corrected chi connectivity index (χ3v) is 4.67. The monoisotopic (exact) mass is 276 g/mol. The first kappa shape index (κ1) is 15.5. The maximum Gasteiger partial charge on any atom is 0.102 e. The van der Waals surface area contributed by atoms with Crippen molar-refractivity contribution in [2.75, 3.05) is 6.61 Å². The summed E-state index contributed by atoms with van der Waals surface area (Å²) in [6.07, 6.45) is 3.31. The molecule has 0 spiro atoms. The fourth-order valence-corrected chi connectivity index (χ4v) is 3.18. The molecule has 1 aliphatic rings. The first-order valence-electron chi connectivity index (χ1n) is 7.83. The van der Waals surface area contributed by atoms with Crippen LogP contribution in [0.4, 0.5) is 0 Å². The highest BCUT2D eigenvalue weighted by molar-refractivity contribution is 5.29. The quantitative estimate of drug-likeness (QED) is 0.894. The largest absolute Gasteiger partial charge is 0.386 e. The molecule has 2 rings (SSSR count). The molecule has 1 aromatic rings. The van der Waals surface area contributed by atoms with E-state index in [4.69, 9.17) is 4.74 Å². The van der Waals surface area contributed by atoms with Gasteiger partial charge in [0.1, 0.15) is 6.10 Å². The summed E-state index contributed by atoms with van der Waals surface area (Å²) in [5.41, 5.74) is 3.36. The maximum absolute atomic E-state index is 10.3. The summed E-state index contributed by atoms with van der Waals surface area (Å²) in [5.74, 6) is 1.53. The van der Waals surface area contributed by atoms with Crippen LogP contribution >= 0.6 is 0 Å². The Kier molecular flexibility index (Phi) is 5.22. The Balaban J connectivity index is 1.87. The Bertz CT molecular complexity index is 421. The second kappa shape index (κ2) is 6.73. The standard InChI is InChI=1S/C18H28O2/c1-12-7-13(2)9-16(8-12)18(19)11-20-17-6-5-14(3)15(4)10-17/h7-9,14-15,17-19H,5-6,10-11H2,1-4H3. The first-order valence-corrected chi connectivity index (χ1v) is 7.83. The highest BCUT2D eigenvalue weighted by atomic mass is 16.5. The molecule has 0 radical (unpaired) electrons. The van der Waals surface area contributed by atoms with Gasteiger partial charge in [-0.1, -0.05) is 43.2 Å². The molecule has 2 nitrogen and oxygen atoms in total. The molecule has 4 atom stereocenters. The van der Waals surface area contributed by atoms with Crippen LogP contribution < -0.4 is 0 Å². The van der Waals surface area contributed by atoms with E-state index in [1.165, 1.54) is 17.5 Å². The molecule has 2 heteroatoms. The van der Waals surface area contributed by atoms with Gasteiger partial charge in [0, 0.05) is 0 Å². The average molecular weight is 276 g/mol. The minimum absolute atomic E-state index is 0.321. The zero-order valence-electron chi connectivity index (χ0n) is 13.2. The van der Waals surface area contributed by atoms with Crippen molar-refractivity contribution in [2.45, 2.75) is 59.2 Å². The third kappa shape index (κ3) is 4.07. The third-order valence-electron chi connectivity index (χ3n) is 4.67. The van der Waals surface area contributed by atoms with Gasteiger partial charge in [0.05, 0.1) is 12.7 Å². The fourth-order valence-electron chi connectivity index (χ4n) is 3.18. The number of hydrogen-bond acceptors (Lipinski definition) is 2. The molecule has 112 valence electrons. The smallest absolute Gasteiger partial charge is 0.102 e. The van der Waals surface area contributed by atoms with Gasteiger partial charge in [0.25, 0.3) is 0 Å². The number of aliphatic hydroxyl groups is 1. The Morgan fingerprint density at radius 2 is 1.75 bits per heavy atom. The predicted octanol–water partition coefficient (Wildman–Crippen LogP) is 4.18. The molecule has 0 saturated heterocycles. The summed E-state index contributed by atoms with van der Waals surface area (Å²) in [4.78, 5) is 0. The van der Waals surface area contributed by atoms with E-state index < -0.39 is 6.10 Å². The van der Waals surface area contributed by atoms with E-state index in [1.807, 2.05) is 12.1 Å². The van der Waals surface area contributed by atoms with Crippen LogP contribution in [0.5, 0.6) is 0 Å². The molecule has 0 bridgehead atoms. The Labute approximate surface area is 123 Å². The van der Waals surface area contributed by atoms with Crippen LogP contribution in [0.15, 0.2) is 18.2 Å². The summed E-state index contributed by atoms with van der Waals surface area (Å²) < 4.78 is 5.95. The molecular weight excluding hydrogens is 248 g/mol. The van der Waals surface area contributed by atoms with Crippen LogP contribution in [-0.2, 0) is 4.74 Å². The number of ether oxygens (including phenoxy) is 1. The van der Waals surface area contributed by atoms with Crippen LogP contribution in [0.2, 0.25) is 0 Å².